The summed E-state index contributed by atoms with van der Waals surface area (Å²) in [5.74, 6) is 2.75. The van der Waals surface area contributed by atoms with Gasteiger partial charge in [0.2, 0.25) is 0 Å². The van der Waals surface area contributed by atoms with Gasteiger partial charge in [0.05, 0.1) is 0 Å². The molecular weight excluding hydrogens is 194 g/mol. The van der Waals surface area contributed by atoms with Gasteiger partial charge >= 0.3 is 0 Å². The normalized spacial score (nSPS) is 14.4. The first-order valence-corrected chi connectivity index (χ1v) is 6.94. The molecular formula is C15H29N. The first-order chi connectivity index (χ1) is 7.74. The number of rotatable bonds is 10. The minimum absolute atomic E-state index is 0.510. The molecule has 94 valence electrons. The van der Waals surface area contributed by atoms with Gasteiger partial charge in [0, 0.05) is 18.5 Å². The monoisotopic (exact) mass is 223 g/mol. The molecule has 0 amide bonds. The Labute approximate surface area is 102 Å². The van der Waals surface area contributed by atoms with Crippen LogP contribution in [0.3, 0.4) is 0 Å². The lowest BCUT2D eigenvalue weighted by molar-refractivity contribution is 0.409. The average molecular weight is 223 g/mol. The van der Waals surface area contributed by atoms with E-state index in [1.807, 2.05) is 0 Å². The smallest absolute Gasteiger partial charge is 0.0240 e. The Hall–Kier alpha value is -0.480. The van der Waals surface area contributed by atoms with Crippen molar-refractivity contribution in [3.8, 4) is 12.3 Å². The Kier molecular flexibility index (Phi) is 10.7. The molecule has 0 aromatic carbocycles. The van der Waals surface area contributed by atoms with E-state index in [1.165, 1.54) is 38.5 Å². The predicted molar refractivity (Wildman–Crippen MR) is 73.5 cm³/mol. The summed E-state index contributed by atoms with van der Waals surface area (Å²) >= 11 is 0. The summed E-state index contributed by atoms with van der Waals surface area (Å²) in [6, 6.07) is 1.12. The minimum atomic E-state index is 0.510. The summed E-state index contributed by atoms with van der Waals surface area (Å²) in [5.41, 5.74) is 0. The van der Waals surface area contributed by atoms with Crippen molar-refractivity contribution in [2.75, 3.05) is 0 Å². The molecule has 0 aliphatic carbocycles. The lowest BCUT2D eigenvalue weighted by atomic mass is 10.1. The third-order valence-electron chi connectivity index (χ3n) is 3.12. The number of hydrogen-bond acceptors (Lipinski definition) is 1. The van der Waals surface area contributed by atoms with E-state index >= 15 is 0 Å². The molecule has 0 aromatic heterocycles. The maximum absolute atomic E-state index is 5.35. The van der Waals surface area contributed by atoms with E-state index in [2.05, 4.69) is 32.0 Å². The van der Waals surface area contributed by atoms with Crippen LogP contribution in [0.2, 0.25) is 0 Å². The van der Waals surface area contributed by atoms with E-state index in [9.17, 15) is 0 Å². The maximum atomic E-state index is 5.35. The van der Waals surface area contributed by atoms with Gasteiger partial charge in [0.25, 0.3) is 0 Å². The highest BCUT2D eigenvalue weighted by atomic mass is 14.9. The van der Waals surface area contributed by atoms with E-state index in [1.54, 1.807) is 0 Å². The molecule has 0 rings (SSSR count). The van der Waals surface area contributed by atoms with Crippen molar-refractivity contribution < 1.29 is 0 Å². The summed E-state index contributed by atoms with van der Waals surface area (Å²) in [6.45, 7) is 6.73. The van der Waals surface area contributed by atoms with Gasteiger partial charge in [-0.3, -0.25) is 0 Å². The van der Waals surface area contributed by atoms with Crippen LogP contribution in [0, 0.1) is 12.3 Å². The fourth-order valence-corrected chi connectivity index (χ4v) is 2.00. The van der Waals surface area contributed by atoms with Crippen LogP contribution in [-0.2, 0) is 0 Å². The van der Waals surface area contributed by atoms with Crippen LogP contribution < -0.4 is 5.32 Å². The van der Waals surface area contributed by atoms with E-state index in [4.69, 9.17) is 6.42 Å². The maximum Gasteiger partial charge on any atom is 0.0240 e. The highest BCUT2D eigenvalue weighted by Crippen LogP contribution is 2.08. The van der Waals surface area contributed by atoms with Crippen molar-refractivity contribution in [3.05, 3.63) is 0 Å². The van der Waals surface area contributed by atoms with Crippen molar-refractivity contribution in [2.24, 2.45) is 0 Å². The molecule has 0 fully saturated rings. The second-order valence-corrected chi connectivity index (χ2v) is 4.78. The van der Waals surface area contributed by atoms with Gasteiger partial charge < -0.3 is 5.32 Å². The zero-order valence-electron chi connectivity index (χ0n) is 11.4. The number of unbranched alkanes of at least 4 members (excludes halogenated alkanes) is 4. The van der Waals surface area contributed by atoms with Crippen molar-refractivity contribution >= 4 is 0 Å². The van der Waals surface area contributed by atoms with Crippen LogP contribution in [0.5, 0.6) is 0 Å². The van der Waals surface area contributed by atoms with Gasteiger partial charge in [-0.05, 0) is 19.8 Å². The first-order valence-electron chi connectivity index (χ1n) is 6.94. The third kappa shape index (κ3) is 8.80. The molecule has 0 saturated carbocycles. The quantitative estimate of drug-likeness (QED) is 0.434. The highest BCUT2D eigenvalue weighted by molar-refractivity contribution is 4.89. The second kappa shape index (κ2) is 11.0. The molecule has 0 aromatic rings. The molecule has 0 radical (unpaired) electrons. The molecule has 0 aliphatic rings. The standard InChI is InChI=1S/C15H29N/c1-5-8-9-10-11-13-14(4)16-15(7-3)12-6-2/h2,14-16H,5,7-13H2,1,3-4H3. The molecule has 0 aliphatic heterocycles. The van der Waals surface area contributed by atoms with E-state index in [0.29, 0.717) is 12.1 Å². The lowest BCUT2D eigenvalue weighted by Crippen LogP contribution is -2.35. The van der Waals surface area contributed by atoms with Gasteiger partial charge in [0.1, 0.15) is 0 Å². The summed E-state index contributed by atoms with van der Waals surface area (Å²) in [5, 5.41) is 3.62. The highest BCUT2D eigenvalue weighted by Gasteiger charge is 2.08. The number of nitrogens with one attached hydrogen (secondary N) is 1. The Morgan fingerprint density at radius 1 is 1.12 bits per heavy atom. The average Bonchev–Trinajstić information content (AvgIpc) is 2.28. The molecule has 1 heteroatoms. The van der Waals surface area contributed by atoms with Gasteiger partial charge in [0.15, 0.2) is 0 Å². The van der Waals surface area contributed by atoms with Gasteiger partial charge in [-0.25, -0.2) is 0 Å². The van der Waals surface area contributed by atoms with Gasteiger partial charge in [-0.15, -0.1) is 12.3 Å². The van der Waals surface area contributed by atoms with Crippen molar-refractivity contribution in [2.45, 2.75) is 84.2 Å². The van der Waals surface area contributed by atoms with Gasteiger partial charge in [-0.2, -0.15) is 0 Å². The Morgan fingerprint density at radius 2 is 1.81 bits per heavy atom. The van der Waals surface area contributed by atoms with Crippen LogP contribution in [0.1, 0.15) is 72.1 Å². The summed E-state index contributed by atoms with van der Waals surface area (Å²) in [7, 11) is 0. The molecule has 1 N–H and O–H groups in total. The van der Waals surface area contributed by atoms with Crippen molar-refractivity contribution in [1.29, 1.82) is 0 Å². The van der Waals surface area contributed by atoms with Crippen LogP contribution in [0.25, 0.3) is 0 Å². The Morgan fingerprint density at radius 3 is 2.38 bits per heavy atom. The Balaban J connectivity index is 3.49. The van der Waals surface area contributed by atoms with Crippen molar-refractivity contribution in [3.63, 3.8) is 0 Å². The molecule has 1 nitrogen and oxygen atoms in total. The predicted octanol–water partition coefficient (Wildman–Crippen LogP) is 4.13. The molecule has 2 unspecified atom stereocenters. The Bertz CT molecular complexity index is 180. The third-order valence-corrected chi connectivity index (χ3v) is 3.12. The number of terminal acetylenes is 1. The second-order valence-electron chi connectivity index (χ2n) is 4.78. The zero-order chi connectivity index (χ0) is 12.2. The summed E-state index contributed by atoms with van der Waals surface area (Å²) < 4.78 is 0. The van der Waals surface area contributed by atoms with Gasteiger partial charge in [-0.1, -0.05) is 46.0 Å². The largest absolute Gasteiger partial charge is 0.311 e. The topological polar surface area (TPSA) is 12.0 Å². The summed E-state index contributed by atoms with van der Waals surface area (Å²) in [4.78, 5) is 0. The molecule has 16 heavy (non-hydrogen) atoms. The van der Waals surface area contributed by atoms with E-state index in [-0.39, 0.29) is 0 Å². The van der Waals surface area contributed by atoms with Crippen LogP contribution >= 0.6 is 0 Å². The molecule has 2 atom stereocenters. The van der Waals surface area contributed by atoms with Crippen LogP contribution in [0.4, 0.5) is 0 Å². The van der Waals surface area contributed by atoms with Crippen molar-refractivity contribution in [1.82, 2.24) is 5.32 Å². The lowest BCUT2D eigenvalue weighted by Gasteiger charge is -2.20. The van der Waals surface area contributed by atoms with E-state index in [0.717, 1.165) is 12.8 Å². The first kappa shape index (κ1) is 15.5. The van der Waals surface area contributed by atoms with E-state index < -0.39 is 0 Å². The molecule has 0 saturated heterocycles. The molecule has 0 bridgehead atoms. The summed E-state index contributed by atoms with van der Waals surface area (Å²) in [6.07, 6.45) is 15.5. The fourth-order valence-electron chi connectivity index (χ4n) is 2.00. The fraction of sp³-hybridized carbons (Fsp3) is 0.867. The van der Waals surface area contributed by atoms with Crippen LogP contribution in [0.15, 0.2) is 0 Å². The molecule has 0 heterocycles. The van der Waals surface area contributed by atoms with Crippen LogP contribution in [-0.4, -0.2) is 12.1 Å². The molecule has 0 spiro atoms. The minimum Gasteiger partial charge on any atom is -0.311 e. The zero-order valence-corrected chi connectivity index (χ0v) is 11.4. The number of hydrogen-bond donors (Lipinski definition) is 1. The SMILES string of the molecule is C#CCC(CC)NC(C)CCCCCCC.